The second-order valence-electron chi connectivity index (χ2n) is 7.54. The fraction of sp³-hybridized carbons (Fsp3) is 0.381. The number of rotatable bonds is 6. The van der Waals surface area contributed by atoms with Crippen molar-refractivity contribution in [3.8, 4) is 0 Å². The molecule has 154 valence electrons. The number of thiophene rings is 1. The van der Waals surface area contributed by atoms with Gasteiger partial charge in [0.1, 0.15) is 0 Å². The van der Waals surface area contributed by atoms with Crippen LogP contribution >= 0.6 is 11.3 Å². The number of amides is 1. The number of nitrogens with one attached hydrogen (secondary N) is 2. The van der Waals surface area contributed by atoms with Gasteiger partial charge in [0.25, 0.3) is 0 Å². The van der Waals surface area contributed by atoms with Crippen LogP contribution in [0.5, 0.6) is 0 Å². The van der Waals surface area contributed by atoms with E-state index in [2.05, 4.69) is 33.9 Å². The molecule has 1 aliphatic heterocycles. The van der Waals surface area contributed by atoms with Crippen LogP contribution in [0.25, 0.3) is 10.9 Å². The minimum absolute atomic E-state index is 0.0135. The lowest BCUT2D eigenvalue weighted by Crippen LogP contribution is -2.43. The third kappa shape index (κ3) is 4.39. The maximum absolute atomic E-state index is 12.8. The van der Waals surface area contributed by atoms with E-state index < -0.39 is 10.0 Å². The van der Waals surface area contributed by atoms with Crippen molar-refractivity contribution in [1.82, 2.24) is 14.6 Å². The lowest BCUT2D eigenvalue weighted by atomic mass is 9.94. The second kappa shape index (κ2) is 8.30. The van der Waals surface area contributed by atoms with E-state index in [0.29, 0.717) is 32.5 Å². The standard InChI is InChI=1S/C21H25N3O3S2/c1-29(26,27)24-10-8-15(9-11-24)21(25)23-14-18(20-7-4-12-28-20)17-13-22-19-6-3-2-5-16(17)19/h2-7,12-13,15,18,22H,8-11,14H2,1H3,(H,23,25)/t18-/m1/s1. The minimum atomic E-state index is -3.18. The molecule has 2 N–H and O–H groups in total. The molecule has 0 aliphatic carbocycles. The Balaban J connectivity index is 1.46. The summed E-state index contributed by atoms with van der Waals surface area (Å²) in [6, 6.07) is 12.3. The van der Waals surface area contributed by atoms with E-state index in [1.54, 1.807) is 11.3 Å². The van der Waals surface area contributed by atoms with E-state index >= 15 is 0 Å². The Morgan fingerprint density at radius 3 is 2.69 bits per heavy atom. The Labute approximate surface area is 175 Å². The van der Waals surface area contributed by atoms with Crippen LogP contribution in [0.15, 0.2) is 48.0 Å². The van der Waals surface area contributed by atoms with Gasteiger partial charge in [0.2, 0.25) is 15.9 Å². The predicted octanol–water partition coefficient (Wildman–Crippen LogP) is 3.15. The third-order valence-electron chi connectivity index (χ3n) is 5.66. The van der Waals surface area contributed by atoms with E-state index in [1.807, 2.05) is 24.4 Å². The maximum atomic E-state index is 12.8. The molecule has 4 rings (SSSR count). The number of hydrogen-bond donors (Lipinski definition) is 2. The molecule has 29 heavy (non-hydrogen) atoms. The topological polar surface area (TPSA) is 82.3 Å². The first-order valence-corrected chi connectivity index (χ1v) is 12.5. The van der Waals surface area contributed by atoms with Crippen molar-refractivity contribution in [2.24, 2.45) is 5.92 Å². The average molecular weight is 432 g/mol. The van der Waals surface area contributed by atoms with Crippen LogP contribution in [0.4, 0.5) is 0 Å². The molecule has 0 radical (unpaired) electrons. The molecule has 3 heterocycles. The van der Waals surface area contributed by atoms with Crippen LogP contribution in [-0.4, -0.2) is 49.5 Å². The van der Waals surface area contributed by atoms with Crippen molar-refractivity contribution >= 4 is 38.2 Å². The SMILES string of the molecule is CS(=O)(=O)N1CCC(C(=O)NC[C@@H](c2cccs2)c2c[nH]c3ccccc23)CC1. The summed E-state index contributed by atoms with van der Waals surface area (Å²) in [6.07, 6.45) is 4.39. The molecule has 1 saturated heterocycles. The van der Waals surface area contributed by atoms with Gasteiger partial charge in [-0.15, -0.1) is 11.3 Å². The first kappa shape index (κ1) is 20.1. The number of carbonyl (C=O) groups excluding carboxylic acids is 1. The van der Waals surface area contributed by atoms with Gasteiger partial charge in [-0.25, -0.2) is 12.7 Å². The Morgan fingerprint density at radius 2 is 2.00 bits per heavy atom. The molecule has 2 aromatic heterocycles. The maximum Gasteiger partial charge on any atom is 0.223 e. The highest BCUT2D eigenvalue weighted by atomic mass is 32.2. The molecule has 0 spiro atoms. The highest BCUT2D eigenvalue weighted by Gasteiger charge is 2.29. The lowest BCUT2D eigenvalue weighted by molar-refractivity contribution is -0.126. The number of aromatic nitrogens is 1. The normalized spacial score (nSPS) is 17.4. The predicted molar refractivity (Wildman–Crippen MR) is 117 cm³/mol. The Kier molecular flexibility index (Phi) is 5.76. The number of benzene rings is 1. The number of piperidine rings is 1. The number of carbonyl (C=O) groups is 1. The summed E-state index contributed by atoms with van der Waals surface area (Å²) >= 11 is 1.69. The zero-order chi connectivity index (χ0) is 20.4. The largest absolute Gasteiger partial charge is 0.361 e. The summed E-state index contributed by atoms with van der Waals surface area (Å²) in [5, 5.41) is 6.36. The number of para-hydroxylation sites is 1. The summed E-state index contributed by atoms with van der Waals surface area (Å²) in [6.45, 7) is 1.34. The van der Waals surface area contributed by atoms with Crippen molar-refractivity contribution in [2.75, 3.05) is 25.9 Å². The van der Waals surface area contributed by atoms with Crippen molar-refractivity contribution < 1.29 is 13.2 Å². The van der Waals surface area contributed by atoms with Crippen molar-refractivity contribution in [1.29, 1.82) is 0 Å². The molecular formula is C21H25N3O3S2. The summed E-state index contributed by atoms with van der Waals surface area (Å²) < 4.78 is 24.8. The fourth-order valence-corrected chi connectivity index (χ4v) is 5.75. The highest BCUT2D eigenvalue weighted by Crippen LogP contribution is 2.33. The van der Waals surface area contributed by atoms with Crippen LogP contribution in [0.3, 0.4) is 0 Å². The van der Waals surface area contributed by atoms with E-state index in [9.17, 15) is 13.2 Å². The summed E-state index contributed by atoms with van der Waals surface area (Å²) in [5.74, 6) is -0.0503. The molecule has 0 bridgehead atoms. The number of H-pyrrole nitrogens is 1. The number of fused-ring (bicyclic) bond motifs is 1. The van der Waals surface area contributed by atoms with Crippen molar-refractivity contribution in [3.63, 3.8) is 0 Å². The Morgan fingerprint density at radius 1 is 1.24 bits per heavy atom. The van der Waals surface area contributed by atoms with Crippen LogP contribution in [-0.2, 0) is 14.8 Å². The van der Waals surface area contributed by atoms with Crippen molar-refractivity contribution in [3.05, 3.63) is 58.4 Å². The van der Waals surface area contributed by atoms with Crippen molar-refractivity contribution in [2.45, 2.75) is 18.8 Å². The molecule has 0 unspecified atom stereocenters. The van der Waals surface area contributed by atoms with Gasteiger partial charge in [-0.1, -0.05) is 24.3 Å². The Hall–Kier alpha value is -2.16. The van der Waals surface area contributed by atoms with E-state index in [0.717, 1.165) is 5.52 Å². The number of nitrogens with zero attached hydrogens (tertiary/aromatic N) is 1. The van der Waals surface area contributed by atoms with Gasteiger partial charge >= 0.3 is 0 Å². The molecule has 1 fully saturated rings. The summed E-state index contributed by atoms with van der Waals surface area (Å²) in [7, 11) is -3.18. The number of aromatic amines is 1. The highest BCUT2D eigenvalue weighted by molar-refractivity contribution is 7.88. The fourth-order valence-electron chi connectivity index (χ4n) is 4.03. The Bertz CT molecular complexity index is 1080. The van der Waals surface area contributed by atoms with Crippen LogP contribution < -0.4 is 5.32 Å². The summed E-state index contributed by atoms with van der Waals surface area (Å²) in [5.41, 5.74) is 2.26. The molecule has 1 amide bonds. The third-order valence-corrected chi connectivity index (χ3v) is 7.95. The van der Waals surface area contributed by atoms with E-state index in [-0.39, 0.29) is 17.7 Å². The smallest absolute Gasteiger partial charge is 0.223 e. The molecular weight excluding hydrogens is 406 g/mol. The average Bonchev–Trinajstić information content (AvgIpc) is 3.38. The van der Waals surface area contributed by atoms with Gasteiger partial charge in [0, 0.05) is 53.4 Å². The van der Waals surface area contributed by atoms with Gasteiger partial charge in [-0.2, -0.15) is 0 Å². The van der Waals surface area contributed by atoms with Gasteiger partial charge in [0.05, 0.1) is 6.26 Å². The number of sulfonamides is 1. The zero-order valence-electron chi connectivity index (χ0n) is 16.3. The molecule has 8 heteroatoms. The van der Waals surface area contributed by atoms with E-state index in [4.69, 9.17) is 0 Å². The van der Waals surface area contributed by atoms with Crippen LogP contribution in [0, 0.1) is 5.92 Å². The lowest BCUT2D eigenvalue weighted by Gasteiger charge is -2.29. The molecule has 1 aliphatic rings. The van der Waals surface area contributed by atoms with Crippen LogP contribution in [0.1, 0.15) is 29.2 Å². The van der Waals surface area contributed by atoms with E-state index in [1.165, 1.54) is 26.4 Å². The van der Waals surface area contributed by atoms with Gasteiger partial charge in [0.15, 0.2) is 0 Å². The van der Waals surface area contributed by atoms with Gasteiger partial charge < -0.3 is 10.3 Å². The molecule has 3 aromatic rings. The molecule has 1 atom stereocenters. The minimum Gasteiger partial charge on any atom is -0.361 e. The first-order chi connectivity index (χ1) is 13.9. The molecule has 0 saturated carbocycles. The number of hydrogen-bond acceptors (Lipinski definition) is 4. The van der Waals surface area contributed by atoms with Gasteiger partial charge in [-0.3, -0.25) is 4.79 Å². The first-order valence-electron chi connectivity index (χ1n) is 9.75. The molecule has 1 aromatic carbocycles. The quantitative estimate of drug-likeness (QED) is 0.629. The van der Waals surface area contributed by atoms with Gasteiger partial charge in [-0.05, 0) is 35.9 Å². The second-order valence-corrected chi connectivity index (χ2v) is 10.5. The zero-order valence-corrected chi connectivity index (χ0v) is 17.9. The van der Waals surface area contributed by atoms with Crippen LogP contribution in [0.2, 0.25) is 0 Å². The summed E-state index contributed by atoms with van der Waals surface area (Å²) in [4.78, 5) is 17.3. The monoisotopic (exact) mass is 431 g/mol. The molecule has 6 nitrogen and oxygen atoms in total.